The number of rotatable bonds is 10. The number of allylic oxidation sites excluding steroid dienone is 2. The highest BCUT2D eigenvalue weighted by Gasteiger charge is 2.00. The van der Waals surface area contributed by atoms with Crippen LogP contribution in [0, 0.1) is 0 Å². The molecule has 94 valence electrons. The van der Waals surface area contributed by atoms with Crippen LogP contribution >= 0.6 is 11.6 Å². The van der Waals surface area contributed by atoms with Crippen LogP contribution < -0.4 is 0 Å². The van der Waals surface area contributed by atoms with Crippen molar-refractivity contribution in [1.29, 1.82) is 0 Å². The fourth-order valence-corrected chi connectivity index (χ4v) is 1.97. The van der Waals surface area contributed by atoms with Crippen molar-refractivity contribution in [3.63, 3.8) is 0 Å². The van der Waals surface area contributed by atoms with Crippen molar-refractivity contribution in [3.8, 4) is 0 Å². The first-order chi connectivity index (χ1) is 7.70. The zero-order valence-electron chi connectivity index (χ0n) is 10.7. The number of hydrogen-bond acceptors (Lipinski definition) is 1. The smallest absolute Gasteiger partial charge is 0.245 e. The monoisotopic (exact) mass is 244 g/mol. The van der Waals surface area contributed by atoms with E-state index in [1.54, 1.807) is 6.08 Å². The summed E-state index contributed by atoms with van der Waals surface area (Å²) in [5.41, 5.74) is 1.24. The van der Waals surface area contributed by atoms with E-state index in [1.807, 2.05) is 0 Å². The van der Waals surface area contributed by atoms with Crippen molar-refractivity contribution >= 4 is 16.8 Å². The molecule has 0 heterocycles. The molecular formula is C14H25ClO. The molecule has 0 spiro atoms. The van der Waals surface area contributed by atoms with E-state index >= 15 is 0 Å². The van der Waals surface area contributed by atoms with E-state index in [4.69, 9.17) is 11.6 Å². The van der Waals surface area contributed by atoms with Gasteiger partial charge >= 0.3 is 0 Å². The van der Waals surface area contributed by atoms with Crippen LogP contribution in [0.4, 0.5) is 0 Å². The average Bonchev–Trinajstić information content (AvgIpc) is 2.23. The standard InChI is InChI=1S/C14H25ClO/c1-3-5-7-9-11-13(12-14(15)16)10-8-6-4-2/h12H,3-11H2,1-2H3/b13-12+. The van der Waals surface area contributed by atoms with Crippen LogP contribution in [0.25, 0.3) is 0 Å². The van der Waals surface area contributed by atoms with E-state index in [2.05, 4.69) is 13.8 Å². The second-order valence-corrected chi connectivity index (χ2v) is 4.75. The number of halogens is 1. The molecule has 0 bridgehead atoms. The lowest BCUT2D eigenvalue weighted by Gasteiger charge is -2.06. The van der Waals surface area contributed by atoms with Gasteiger partial charge in [-0.1, -0.05) is 51.5 Å². The van der Waals surface area contributed by atoms with Gasteiger partial charge in [-0.25, -0.2) is 0 Å². The zero-order valence-corrected chi connectivity index (χ0v) is 11.5. The Morgan fingerprint density at radius 1 is 0.938 bits per heavy atom. The summed E-state index contributed by atoms with van der Waals surface area (Å²) < 4.78 is 0. The first-order valence-electron chi connectivity index (χ1n) is 6.59. The van der Waals surface area contributed by atoms with E-state index in [-0.39, 0.29) is 5.24 Å². The third-order valence-corrected chi connectivity index (χ3v) is 2.88. The third-order valence-electron chi connectivity index (χ3n) is 2.77. The van der Waals surface area contributed by atoms with Gasteiger partial charge in [0.2, 0.25) is 5.24 Å². The van der Waals surface area contributed by atoms with Gasteiger partial charge in [-0.05, 0) is 43.4 Å². The summed E-state index contributed by atoms with van der Waals surface area (Å²) in [4.78, 5) is 10.9. The summed E-state index contributed by atoms with van der Waals surface area (Å²) in [6, 6.07) is 0. The molecule has 0 aliphatic rings. The molecule has 0 amide bonds. The summed E-state index contributed by atoms with van der Waals surface area (Å²) >= 11 is 5.41. The summed E-state index contributed by atoms with van der Waals surface area (Å²) in [5.74, 6) is 0. The van der Waals surface area contributed by atoms with Gasteiger partial charge in [0.1, 0.15) is 0 Å². The maximum Gasteiger partial charge on any atom is 0.245 e. The highest BCUT2D eigenvalue weighted by molar-refractivity contribution is 6.66. The Kier molecular flexibility index (Phi) is 11.0. The molecule has 0 aromatic rings. The lowest BCUT2D eigenvalue weighted by atomic mass is 10.0. The van der Waals surface area contributed by atoms with Gasteiger partial charge in [-0.2, -0.15) is 0 Å². The topological polar surface area (TPSA) is 17.1 Å². The quantitative estimate of drug-likeness (QED) is 0.292. The molecule has 0 unspecified atom stereocenters. The lowest BCUT2D eigenvalue weighted by molar-refractivity contribution is -0.107. The van der Waals surface area contributed by atoms with Crippen molar-refractivity contribution in [2.75, 3.05) is 0 Å². The van der Waals surface area contributed by atoms with E-state index in [0.29, 0.717) is 0 Å². The van der Waals surface area contributed by atoms with Crippen LogP contribution in [0.1, 0.15) is 71.6 Å². The van der Waals surface area contributed by atoms with Gasteiger partial charge in [0.25, 0.3) is 0 Å². The summed E-state index contributed by atoms with van der Waals surface area (Å²) in [7, 11) is 0. The minimum atomic E-state index is -0.318. The van der Waals surface area contributed by atoms with E-state index in [9.17, 15) is 4.79 Å². The Bertz CT molecular complexity index is 209. The SMILES string of the molecule is CCCCCC/C(=C/C(=O)Cl)CCCCC. The summed E-state index contributed by atoms with van der Waals surface area (Å²) in [5, 5.41) is -0.318. The van der Waals surface area contributed by atoms with Crippen molar-refractivity contribution in [2.45, 2.75) is 71.6 Å². The molecule has 0 N–H and O–H groups in total. The Balaban J connectivity index is 3.87. The first kappa shape index (κ1) is 15.7. The molecule has 0 saturated carbocycles. The largest absolute Gasteiger partial charge is 0.276 e. The van der Waals surface area contributed by atoms with Gasteiger partial charge in [-0.15, -0.1) is 0 Å². The summed E-state index contributed by atoms with van der Waals surface area (Å²) in [6.45, 7) is 4.40. The molecular weight excluding hydrogens is 220 g/mol. The fraction of sp³-hybridized carbons (Fsp3) is 0.786. The molecule has 0 aliphatic heterocycles. The van der Waals surface area contributed by atoms with Crippen LogP contribution in [0.5, 0.6) is 0 Å². The third kappa shape index (κ3) is 10.2. The van der Waals surface area contributed by atoms with Crippen molar-refractivity contribution < 1.29 is 4.79 Å². The molecule has 0 rings (SSSR count). The minimum Gasteiger partial charge on any atom is -0.276 e. The first-order valence-corrected chi connectivity index (χ1v) is 6.97. The van der Waals surface area contributed by atoms with Gasteiger partial charge < -0.3 is 0 Å². The van der Waals surface area contributed by atoms with Crippen LogP contribution in [0.15, 0.2) is 11.6 Å². The number of carbonyl (C=O) groups excluding carboxylic acids is 1. The fourth-order valence-electron chi connectivity index (χ4n) is 1.81. The molecule has 16 heavy (non-hydrogen) atoms. The minimum absolute atomic E-state index is 0.318. The second-order valence-electron chi connectivity index (χ2n) is 4.37. The Labute approximate surface area is 105 Å². The Morgan fingerprint density at radius 2 is 1.44 bits per heavy atom. The average molecular weight is 245 g/mol. The van der Waals surface area contributed by atoms with Crippen LogP contribution in [0.2, 0.25) is 0 Å². The summed E-state index contributed by atoms with van der Waals surface area (Å²) in [6.07, 6.45) is 12.3. The number of carbonyl (C=O) groups is 1. The highest BCUT2D eigenvalue weighted by atomic mass is 35.5. The molecule has 0 aromatic carbocycles. The van der Waals surface area contributed by atoms with Gasteiger partial charge in [0.05, 0.1) is 0 Å². The van der Waals surface area contributed by atoms with Crippen LogP contribution in [-0.4, -0.2) is 5.24 Å². The normalized spacial score (nSPS) is 11.8. The van der Waals surface area contributed by atoms with Crippen molar-refractivity contribution in [2.24, 2.45) is 0 Å². The predicted octanol–water partition coefficient (Wildman–Crippen LogP) is 5.23. The van der Waals surface area contributed by atoms with Crippen LogP contribution in [-0.2, 0) is 4.79 Å². The van der Waals surface area contributed by atoms with Crippen molar-refractivity contribution in [1.82, 2.24) is 0 Å². The van der Waals surface area contributed by atoms with E-state index in [1.165, 1.54) is 50.5 Å². The predicted molar refractivity (Wildman–Crippen MR) is 71.8 cm³/mol. The van der Waals surface area contributed by atoms with Crippen LogP contribution in [0.3, 0.4) is 0 Å². The molecule has 0 fully saturated rings. The second kappa shape index (κ2) is 11.2. The Morgan fingerprint density at radius 3 is 1.94 bits per heavy atom. The molecule has 0 radical (unpaired) electrons. The maximum absolute atomic E-state index is 10.9. The van der Waals surface area contributed by atoms with Gasteiger partial charge in [0, 0.05) is 0 Å². The number of unbranched alkanes of at least 4 members (excludes halogenated alkanes) is 5. The molecule has 0 saturated heterocycles. The van der Waals surface area contributed by atoms with E-state index < -0.39 is 0 Å². The van der Waals surface area contributed by atoms with Gasteiger partial charge in [0.15, 0.2) is 0 Å². The lowest BCUT2D eigenvalue weighted by Crippen LogP contribution is -1.90. The zero-order chi connectivity index (χ0) is 12.2. The maximum atomic E-state index is 10.9. The van der Waals surface area contributed by atoms with Crippen molar-refractivity contribution in [3.05, 3.63) is 11.6 Å². The molecule has 0 aliphatic carbocycles. The number of hydrogen-bond donors (Lipinski definition) is 0. The Hall–Kier alpha value is -0.300. The molecule has 0 aromatic heterocycles. The highest BCUT2D eigenvalue weighted by Crippen LogP contribution is 2.17. The van der Waals surface area contributed by atoms with Gasteiger partial charge in [-0.3, -0.25) is 4.79 Å². The van der Waals surface area contributed by atoms with E-state index in [0.717, 1.165) is 12.8 Å². The molecule has 2 heteroatoms. The molecule has 1 nitrogen and oxygen atoms in total. The molecule has 0 atom stereocenters.